The van der Waals surface area contributed by atoms with Gasteiger partial charge in [-0.25, -0.2) is 4.79 Å². The van der Waals surface area contributed by atoms with E-state index in [1.54, 1.807) is 0 Å². The van der Waals surface area contributed by atoms with Crippen LogP contribution in [-0.2, 0) is 19.0 Å². The van der Waals surface area contributed by atoms with Gasteiger partial charge in [-0.05, 0) is 0 Å². The number of carbonyl (C=O) groups is 1. The van der Waals surface area contributed by atoms with E-state index in [2.05, 4.69) is 11.9 Å². The van der Waals surface area contributed by atoms with Crippen LogP contribution < -0.4 is 5.32 Å². The summed E-state index contributed by atoms with van der Waals surface area (Å²) in [6.45, 7) is 6.23. The highest BCUT2D eigenvalue weighted by Crippen LogP contribution is 2.00. The van der Waals surface area contributed by atoms with Crippen LogP contribution in [0.15, 0.2) is 12.7 Å². The molecule has 1 heterocycles. The van der Waals surface area contributed by atoms with Crippen LogP contribution in [0.3, 0.4) is 0 Å². The normalized spacial score (nSPS) is 20.1. The second-order valence-electron chi connectivity index (χ2n) is 3.09. The van der Waals surface area contributed by atoms with Gasteiger partial charge >= 0.3 is 5.97 Å². The molecule has 1 aliphatic heterocycles. The van der Waals surface area contributed by atoms with Crippen molar-refractivity contribution in [1.82, 2.24) is 5.32 Å². The first-order valence-corrected chi connectivity index (χ1v) is 5.05. The highest BCUT2D eigenvalue weighted by atomic mass is 16.6. The molecule has 1 N–H and O–H groups in total. The van der Waals surface area contributed by atoms with E-state index in [1.165, 1.54) is 0 Å². The molecule has 0 aliphatic carbocycles. The smallest absolute Gasteiger partial charge is 0.330 e. The Morgan fingerprint density at radius 2 is 2.40 bits per heavy atom. The standard InChI is InChI=1S/C10H17NO4/c1-2-10(12)15-8-7-13-5-3-9-11-4-6-14-9/h2,9,11H,1,3-8H2. The minimum absolute atomic E-state index is 0.112. The van der Waals surface area contributed by atoms with Crippen LogP contribution in [0.2, 0.25) is 0 Å². The fourth-order valence-corrected chi connectivity index (χ4v) is 1.22. The molecule has 0 spiro atoms. The van der Waals surface area contributed by atoms with E-state index in [4.69, 9.17) is 14.2 Å². The Labute approximate surface area is 89.4 Å². The van der Waals surface area contributed by atoms with Gasteiger partial charge in [0.05, 0.1) is 19.8 Å². The first kappa shape index (κ1) is 12.2. The van der Waals surface area contributed by atoms with Crippen molar-refractivity contribution in [3.8, 4) is 0 Å². The number of ether oxygens (including phenoxy) is 3. The molecule has 1 aliphatic rings. The highest BCUT2D eigenvalue weighted by molar-refractivity contribution is 5.81. The van der Waals surface area contributed by atoms with Crippen LogP contribution in [-0.4, -0.2) is 45.2 Å². The maximum Gasteiger partial charge on any atom is 0.330 e. The zero-order valence-corrected chi connectivity index (χ0v) is 8.74. The third kappa shape index (κ3) is 5.51. The fourth-order valence-electron chi connectivity index (χ4n) is 1.22. The van der Waals surface area contributed by atoms with Crippen molar-refractivity contribution >= 4 is 5.97 Å². The molecule has 1 saturated heterocycles. The van der Waals surface area contributed by atoms with Crippen LogP contribution in [0.4, 0.5) is 0 Å². The molecule has 1 atom stereocenters. The summed E-state index contributed by atoms with van der Waals surface area (Å²) in [6.07, 6.45) is 2.06. The minimum Gasteiger partial charge on any atom is -0.460 e. The molecule has 0 aromatic heterocycles. The van der Waals surface area contributed by atoms with Crippen molar-refractivity contribution in [3.63, 3.8) is 0 Å². The van der Waals surface area contributed by atoms with Crippen LogP contribution in [0, 0.1) is 0 Å². The van der Waals surface area contributed by atoms with Crippen molar-refractivity contribution in [3.05, 3.63) is 12.7 Å². The molecule has 0 aromatic rings. The third-order valence-corrected chi connectivity index (χ3v) is 1.96. The number of esters is 1. The van der Waals surface area contributed by atoms with E-state index in [1.807, 2.05) is 0 Å². The Morgan fingerprint density at radius 1 is 1.53 bits per heavy atom. The van der Waals surface area contributed by atoms with Crippen molar-refractivity contribution < 1.29 is 19.0 Å². The number of hydrogen-bond acceptors (Lipinski definition) is 5. The molecule has 1 unspecified atom stereocenters. The van der Waals surface area contributed by atoms with Crippen molar-refractivity contribution in [2.75, 3.05) is 33.0 Å². The molecule has 0 amide bonds. The summed E-state index contributed by atoms with van der Waals surface area (Å²) in [6, 6.07) is 0. The lowest BCUT2D eigenvalue weighted by atomic mass is 10.4. The van der Waals surface area contributed by atoms with E-state index in [0.29, 0.717) is 13.2 Å². The van der Waals surface area contributed by atoms with E-state index in [9.17, 15) is 4.79 Å². The number of nitrogens with one attached hydrogen (secondary N) is 1. The maximum absolute atomic E-state index is 10.6. The largest absolute Gasteiger partial charge is 0.460 e. The summed E-state index contributed by atoms with van der Waals surface area (Å²) < 4.78 is 15.3. The minimum atomic E-state index is -0.417. The SMILES string of the molecule is C=CC(=O)OCCOCCC1NCCO1. The van der Waals surface area contributed by atoms with Gasteiger partial charge in [-0.15, -0.1) is 0 Å². The van der Waals surface area contributed by atoms with Gasteiger partial charge in [0.25, 0.3) is 0 Å². The molecule has 5 heteroatoms. The zero-order chi connectivity index (χ0) is 10.9. The zero-order valence-electron chi connectivity index (χ0n) is 8.74. The Balaban J connectivity index is 1.84. The number of hydrogen-bond donors (Lipinski definition) is 1. The second-order valence-corrected chi connectivity index (χ2v) is 3.09. The molecule has 0 aromatic carbocycles. The summed E-state index contributed by atoms with van der Waals surface area (Å²) >= 11 is 0. The Hall–Kier alpha value is -0.910. The predicted octanol–water partition coefficient (Wildman–Crippen LogP) is 0.0682. The Bertz CT molecular complexity index is 202. The quantitative estimate of drug-likeness (QED) is 0.370. The first-order valence-electron chi connectivity index (χ1n) is 5.05. The molecule has 15 heavy (non-hydrogen) atoms. The average Bonchev–Trinajstić information content (AvgIpc) is 2.75. The van der Waals surface area contributed by atoms with Crippen LogP contribution in [0.25, 0.3) is 0 Å². The van der Waals surface area contributed by atoms with Crippen LogP contribution >= 0.6 is 0 Å². The van der Waals surface area contributed by atoms with Gasteiger partial charge in [0.1, 0.15) is 12.8 Å². The van der Waals surface area contributed by atoms with Crippen LogP contribution in [0.5, 0.6) is 0 Å². The molecule has 1 fully saturated rings. The highest BCUT2D eigenvalue weighted by Gasteiger charge is 2.13. The number of rotatable bonds is 7. The van der Waals surface area contributed by atoms with Gasteiger partial charge < -0.3 is 14.2 Å². The summed E-state index contributed by atoms with van der Waals surface area (Å²) in [5.41, 5.74) is 0. The summed E-state index contributed by atoms with van der Waals surface area (Å²) in [5, 5.41) is 3.17. The Morgan fingerprint density at radius 3 is 3.07 bits per heavy atom. The molecular formula is C10H17NO4. The van der Waals surface area contributed by atoms with Gasteiger partial charge in [0.2, 0.25) is 0 Å². The monoisotopic (exact) mass is 215 g/mol. The van der Waals surface area contributed by atoms with E-state index in [-0.39, 0.29) is 12.8 Å². The average molecular weight is 215 g/mol. The summed E-state index contributed by atoms with van der Waals surface area (Å²) in [5.74, 6) is -0.417. The van der Waals surface area contributed by atoms with Gasteiger partial charge in [-0.3, -0.25) is 5.32 Å². The van der Waals surface area contributed by atoms with Crippen molar-refractivity contribution in [1.29, 1.82) is 0 Å². The number of carbonyl (C=O) groups excluding carboxylic acids is 1. The predicted molar refractivity (Wildman–Crippen MR) is 54.3 cm³/mol. The molecule has 5 nitrogen and oxygen atoms in total. The van der Waals surface area contributed by atoms with Crippen molar-refractivity contribution in [2.45, 2.75) is 12.6 Å². The summed E-state index contributed by atoms with van der Waals surface area (Å²) in [4.78, 5) is 10.6. The van der Waals surface area contributed by atoms with Gasteiger partial charge in [0, 0.05) is 19.0 Å². The second kappa shape index (κ2) is 7.39. The molecular weight excluding hydrogens is 198 g/mol. The molecule has 0 saturated carbocycles. The molecule has 0 bridgehead atoms. The van der Waals surface area contributed by atoms with Crippen molar-refractivity contribution in [2.24, 2.45) is 0 Å². The Kier molecular flexibility index (Phi) is 5.99. The van der Waals surface area contributed by atoms with E-state index in [0.717, 1.165) is 25.6 Å². The fraction of sp³-hybridized carbons (Fsp3) is 0.700. The summed E-state index contributed by atoms with van der Waals surface area (Å²) in [7, 11) is 0. The first-order chi connectivity index (χ1) is 7.33. The molecule has 1 rings (SSSR count). The molecule has 0 radical (unpaired) electrons. The van der Waals surface area contributed by atoms with Gasteiger partial charge in [-0.2, -0.15) is 0 Å². The van der Waals surface area contributed by atoms with E-state index < -0.39 is 5.97 Å². The topological polar surface area (TPSA) is 56.8 Å². The van der Waals surface area contributed by atoms with E-state index >= 15 is 0 Å². The lowest BCUT2D eigenvalue weighted by molar-refractivity contribution is -0.139. The lowest BCUT2D eigenvalue weighted by Gasteiger charge is -2.09. The van der Waals surface area contributed by atoms with Gasteiger partial charge in [-0.1, -0.05) is 6.58 Å². The maximum atomic E-state index is 10.6. The third-order valence-electron chi connectivity index (χ3n) is 1.96. The molecule has 86 valence electrons. The van der Waals surface area contributed by atoms with Gasteiger partial charge in [0.15, 0.2) is 0 Å². The van der Waals surface area contributed by atoms with Crippen LogP contribution in [0.1, 0.15) is 6.42 Å². The lowest BCUT2D eigenvalue weighted by Crippen LogP contribution is -2.24.